The maximum atomic E-state index is 12.9. The Kier molecular flexibility index (Phi) is 65.2. The first-order chi connectivity index (χ1) is 40.0. The van der Waals surface area contributed by atoms with E-state index in [2.05, 4.69) is 124 Å². The fraction of sp³-hybridized carbons (Fsp3) is 0.720. The molecule has 6 heteroatoms. The molecule has 81 heavy (non-hydrogen) atoms. The van der Waals surface area contributed by atoms with Gasteiger partial charge in [-0.2, -0.15) is 0 Å². The summed E-state index contributed by atoms with van der Waals surface area (Å²) in [6.45, 7) is 6.38. The van der Waals surface area contributed by atoms with Crippen molar-refractivity contribution in [2.24, 2.45) is 0 Å². The summed E-state index contributed by atoms with van der Waals surface area (Å²) in [5.74, 6) is -0.973. The molecule has 0 radical (unpaired) electrons. The third-order valence-electron chi connectivity index (χ3n) is 14.8. The number of carbonyl (C=O) groups excluding carboxylic acids is 3. The smallest absolute Gasteiger partial charge is 0.306 e. The topological polar surface area (TPSA) is 78.9 Å². The normalized spacial score (nSPS) is 12.8. The van der Waals surface area contributed by atoms with Crippen molar-refractivity contribution in [1.29, 1.82) is 0 Å². The Morgan fingerprint density at radius 3 is 0.840 bits per heavy atom. The van der Waals surface area contributed by atoms with E-state index in [4.69, 9.17) is 14.2 Å². The highest BCUT2D eigenvalue weighted by Gasteiger charge is 2.19. The van der Waals surface area contributed by atoms with Crippen molar-refractivity contribution in [3.8, 4) is 0 Å². The molecule has 0 N–H and O–H groups in total. The van der Waals surface area contributed by atoms with Gasteiger partial charge in [-0.15, -0.1) is 0 Å². The van der Waals surface area contributed by atoms with Crippen LogP contribution in [-0.2, 0) is 28.6 Å². The lowest BCUT2D eigenvalue weighted by Crippen LogP contribution is -2.30. The molecule has 0 saturated carbocycles. The summed E-state index contributed by atoms with van der Waals surface area (Å²) in [6, 6.07) is 0. The number of hydrogen-bond donors (Lipinski definition) is 0. The molecule has 0 aromatic rings. The molecule has 0 bridgehead atoms. The molecule has 0 amide bonds. The van der Waals surface area contributed by atoms with E-state index in [0.29, 0.717) is 19.3 Å². The molecule has 0 rings (SSSR count). The van der Waals surface area contributed by atoms with Crippen LogP contribution in [0.1, 0.15) is 329 Å². The van der Waals surface area contributed by atoms with Gasteiger partial charge in [-0.05, 0) is 109 Å². The van der Waals surface area contributed by atoms with Crippen LogP contribution in [0.3, 0.4) is 0 Å². The van der Waals surface area contributed by atoms with E-state index in [1.807, 2.05) is 6.08 Å². The van der Waals surface area contributed by atoms with E-state index < -0.39 is 6.10 Å². The van der Waals surface area contributed by atoms with Crippen LogP contribution in [0.5, 0.6) is 0 Å². The fourth-order valence-corrected chi connectivity index (χ4v) is 9.68. The zero-order chi connectivity index (χ0) is 58.5. The molecule has 0 saturated heterocycles. The van der Waals surface area contributed by atoms with E-state index in [0.717, 1.165) is 89.9 Å². The minimum atomic E-state index is -0.808. The monoisotopic (exact) mass is 1120 g/mol. The van der Waals surface area contributed by atoms with Crippen molar-refractivity contribution >= 4 is 17.9 Å². The SMILES string of the molecule is CC/C=C\C/C=C\C/C=C\C/C=C\CCCCCCCCCCCCCCCCCCCCC(=O)OCC(COC(=O)CC/C=C\C/C=C\C/C=C\C/C=C\CC)OC(=O)CCCCCCCCCCC/C=C\CCCCCCCC. The third kappa shape index (κ3) is 66.8. The quantitative estimate of drug-likeness (QED) is 0.0261. The summed E-state index contributed by atoms with van der Waals surface area (Å²) >= 11 is 0. The molecule has 0 fully saturated rings. The minimum absolute atomic E-state index is 0.0984. The van der Waals surface area contributed by atoms with Crippen LogP contribution in [0, 0.1) is 0 Å². The predicted molar refractivity (Wildman–Crippen MR) is 353 cm³/mol. The fourth-order valence-electron chi connectivity index (χ4n) is 9.68. The first kappa shape index (κ1) is 77.1. The number of rotatable bonds is 62. The first-order valence-corrected chi connectivity index (χ1v) is 34.4. The minimum Gasteiger partial charge on any atom is -0.462 e. The lowest BCUT2D eigenvalue weighted by molar-refractivity contribution is -0.166. The summed E-state index contributed by atoms with van der Waals surface area (Å²) in [5.41, 5.74) is 0. The largest absolute Gasteiger partial charge is 0.462 e. The highest BCUT2D eigenvalue weighted by Crippen LogP contribution is 2.17. The Morgan fingerprint density at radius 2 is 0.506 bits per heavy atom. The molecular weight excluding hydrogens is 997 g/mol. The molecule has 0 aliphatic rings. The van der Waals surface area contributed by atoms with Gasteiger partial charge in [0.1, 0.15) is 13.2 Å². The Morgan fingerprint density at radius 1 is 0.259 bits per heavy atom. The molecule has 6 nitrogen and oxygen atoms in total. The second kappa shape index (κ2) is 68.6. The van der Waals surface area contributed by atoms with Crippen LogP contribution >= 0.6 is 0 Å². The van der Waals surface area contributed by atoms with Gasteiger partial charge in [0, 0.05) is 19.3 Å². The summed E-state index contributed by atoms with van der Waals surface area (Å²) in [4.78, 5) is 38.3. The molecular formula is C75H128O6. The van der Waals surface area contributed by atoms with E-state index in [9.17, 15) is 14.4 Å². The number of esters is 3. The van der Waals surface area contributed by atoms with Gasteiger partial charge < -0.3 is 14.2 Å². The van der Waals surface area contributed by atoms with Crippen molar-refractivity contribution in [2.45, 2.75) is 335 Å². The summed E-state index contributed by atoms with van der Waals surface area (Å²) in [5, 5.41) is 0. The molecule has 0 aromatic heterocycles. The standard InChI is InChI=1S/C75H128O6/c1-4-7-10-13-16-19-22-25-27-29-31-32-33-34-35-36-37-38-39-40-41-42-44-45-47-50-53-56-59-62-65-68-74(77)80-71-72(70-79-73(76)67-64-61-58-55-52-49-24-21-18-15-12-9-6-3)81-75(78)69-66-63-60-57-54-51-48-46-43-30-28-26-23-20-17-14-11-8-5-2/h7,9-10,12,16,18-19,21,25-28,31-32,49,52,58,61,72H,4-6,8,11,13-15,17,20,22-24,29-30,33-48,50-51,53-57,59-60,62-71H2,1-3H3/b10-7-,12-9-,19-16-,21-18-,27-25-,28-26-,32-31-,52-49-,61-58-. The van der Waals surface area contributed by atoms with Gasteiger partial charge in [0.25, 0.3) is 0 Å². The van der Waals surface area contributed by atoms with Crippen molar-refractivity contribution in [1.82, 2.24) is 0 Å². The molecule has 1 atom stereocenters. The van der Waals surface area contributed by atoms with Gasteiger partial charge in [0.15, 0.2) is 6.10 Å². The second-order valence-corrected chi connectivity index (χ2v) is 22.7. The lowest BCUT2D eigenvalue weighted by atomic mass is 10.0. The van der Waals surface area contributed by atoms with Gasteiger partial charge in [0.05, 0.1) is 0 Å². The van der Waals surface area contributed by atoms with Crippen LogP contribution in [0.15, 0.2) is 109 Å². The van der Waals surface area contributed by atoms with Gasteiger partial charge in [-0.3, -0.25) is 14.4 Å². The zero-order valence-corrected chi connectivity index (χ0v) is 53.3. The van der Waals surface area contributed by atoms with Crippen molar-refractivity contribution in [2.75, 3.05) is 13.2 Å². The van der Waals surface area contributed by atoms with Crippen LogP contribution in [0.25, 0.3) is 0 Å². The summed E-state index contributed by atoms with van der Waals surface area (Å²) < 4.78 is 16.9. The number of unbranched alkanes of at least 4 members (excludes halogenated alkanes) is 33. The Labute approximate surface area is 501 Å². The number of allylic oxidation sites excluding steroid dienone is 18. The van der Waals surface area contributed by atoms with Gasteiger partial charge in [0.2, 0.25) is 0 Å². The number of hydrogen-bond acceptors (Lipinski definition) is 6. The van der Waals surface area contributed by atoms with Crippen molar-refractivity contribution < 1.29 is 28.6 Å². The van der Waals surface area contributed by atoms with Gasteiger partial charge in [-0.1, -0.05) is 310 Å². The Bertz CT molecular complexity index is 1620. The van der Waals surface area contributed by atoms with Crippen LogP contribution in [0.4, 0.5) is 0 Å². The first-order valence-electron chi connectivity index (χ1n) is 34.4. The second-order valence-electron chi connectivity index (χ2n) is 22.7. The molecule has 0 aliphatic carbocycles. The number of carbonyl (C=O) groups is 3. The lowest BCUT2D eigenvalue weighted by Gasteiger charge is -2.18. The van der Waals surface area contributed by atoms with Crippen LogP contribution < -0.4 is 0 Å². The van der Waals surface area contributed by atoms with Crippen LogP contribution in [-0.4, -0.2) is 37.2 Å². The molecule has 464 valence electrons. The van der Waals surface area contributed by atoms with E-state index in [1.54, 1.807) is 0 Å². The van der Waals surface area contributed by atoms with E-state index in [1.165, 1.54) is 193 Å². The highest BCUT2D eigenvalue weighted by molar-refractivity contribution is 5.71. The average Bonchev–Trinajstić information content (AvgIpc) is 3.46. The van der Waals surface area contributed by atoms with E-state index in [-0.39, 0.29) is 37.5 Å². The number of ether oxygens (including phenoxy) is 3. The Hall–Kier alpha value is -3.93. The zero-order valence-electron chi connectivity index (χ0n) is 53.3. The summed E-state index contributed by atoms with van der Waals surface area (Å²) in [6.07, 6.45) is 94.2. The average molecular weight is 1130 g/mol. The molecule has 0 heterocycles. The third-order valence-corrected chi connectivity index (χ3v) is 14.8. The maximum Gasteiger partial charge on any atom is 0.306 e. The highest BCUT2D eigenvalue weighted by atomic mass is 16.6. The van der Waals surface area contributed by atoms with Gasteiger partial charge in [-0.25, -0.2) is 0 Å². The predicted octanol–water partition coefficient (Wildman–Crippen LogP) is 23.8. The molecule has 0 aliphatic heterocycles. The van der Waals surface area contributed by atoms with E-state index >= 15 is 0 Å². The van der Waals surface area contributed by atoms with Crippen molar-refractivity contribution in [3.63, 3.8) is 0 Å². The molecule has 0 spiro atoms. The maximum absolute atomic E-state index is 12.9. The van der Waals surface area contributed by atoms with Crippen molar-refractivity contribution in [3.05, 3.63) is 109 Å². The molecule has 0 aromatic carbocycles. The van der Waals surface area contributed by atoms with Crippen LogP contribution in [0.2, 0.25) is 0 Å². The van der Waals surface area contributed by atoms with Gasteiger partial charge >= 0.3 is 17.9 Å². The Balaban J connectivity index is 4.24. The molecule has 1 unspecified atom stereocenters. The summed E-state index contributed by atoms with van der Waals surface area (Å²) in [7, 11) is 0.